The van der Waals surface area contributed by atoms with Gasteiger partial charge in [0.25, 0.3) is 5.56 Å². The zero-order valence-corrected chi connectivity index (χ0v) is 9.21. The van der Waals surface area contributed by atoms with Gasteiger partial charge in [0, 0.05) is 6.54 Å². The van der Waals surface area contributed by atoms with Gasteiger partial charge in [0.2, 0.25) is 0 Å². The summed E-state index contributed by atoms with van der Waals surface area (Å²) in [4.78, 5) is 11.9. The van der Waals surface area contributed by atoms with Gasteiger partial charge in [-0.15, -0.1) is 0 Å². The number of para-hydroxylation sites is 1. The van der Waals surface area contributed by atoms with Crippen molar-refractivity contribution in [2.45, 2.75) is 33.2 Å². The Hall–Kier alpha value is -1.51. The molecule has 1 N–H and O–H groups in total. The molecule has 0 amide bonds. The van der Waals surface area contributed by atoms with E-state index in [0.717, 1.165) is 35.9 Å². The SMILES string of the molecule is CCCCn1[nH]c2c(C)cccc2c1=O. The highest BCUT2D eigenvalue weighted by Crippen LogP contribution is 2.12. The second kappa shape index (κ2) is 3.93. The van der Waals surface area contributed by atoms with Gasteiger partial charge in [-0.1, -0.05) is 25.5 Å². The van der Waals surface area contributed by atoms with Crippen molar-refractivity contribution in [1.82, 2.24) is 9.78 Å². The third-order valence-corrected chi connectivity index (χ3v) is 2.73. The van der Waals surface area contributed by atoms with Crippen LogP contribution in [-0.4, -0.2) is 9.78 Å². The summed E-state index contributed by atoms with van der Waals surface area (Å²) in [5.74, 6) is 0. The molecule has 0 aliphatic heterocycles. The number of unbranched alkanes of at least 4 members (excludes halogenated alkanes) is 1. The number of rotatable bonds is 3. The number of nitrogens with one attached hydrogen (secondary N) is 1. The van der Waals surface area contributed by atoms with E-state index in [9.17, 15) is 4.79 Å². The Bertz CT molecular complexity index is 522. The summed E-state index contributed by atoms with van der Waals surface area (Å²) in [5.41, 5.74) is 2.20. The number of hydrogen-bond donors (Lipinski definition) is 1. The first-order valence-electron chi connectivity index (χ1n) is 5.42. The number of aromatic nitrogens is 2. The van der Waals surface area contributed by atoms with Crippen LogP contribution in [-0.2, 0) is 6.54 Å². The fraction of sp³-hybridized carbons (Fsp3) is 0.417. The van der Waals surface area contributed by atoms with E-state index in [1.54, 1.807) is 4.68 Å². The number of nitrogens with zero attached hydrogens (tertiary/aromatic N) is 1. The van der Waals surface area contributed by atoms with Gasteiger partial charge in [0.05, 0.1) is 10.9 Å². The first kappa shape index (κ1) is 10.0. The highest BCUT2D eigenvalue weighted by atomic mass is 16.1. The Labute approximate surface area is 88.7 Å². The van der Waals surface area contributed by atoms with Gasteiger partial charge >= 0.3 is 0 Å². The first-order chi connectivity index (χ1) is 7.24. The van der Waals surface area contributed by atoms with Crippen molar-refractivity contribution in [3.8, 4) is 0 Å². The molecule has 2 aromatic rings. The zero-order valence-electron chi connectivity index (χ0n) is 9.21. The predicted molar refractivity (Wildman–Crippen MR) is 62.2 cm³/mol. The minimum atomic E-state index is 0.0992. The maximum absolute atomic E-state index is 11.9. The normalized spacial score (nSPS) is 11.1. The lowest BCUT2D eigenvalue weighted by Gasteiger charge is -1.98. The molecule has 2 rings (SSSR count). The van der Waals surface area contributed by atoms with E-state index >= 15 is 0 Å². The third kappa shape index (κ3) is 1.69. The molecule has 0 aliphatic carbocycles. The van der Waals surface area contributed by atoms with Crippen LogP contribution in [0.15, 0.2) is 23.0 Å². The van der Waals surface area contributed by atoms with E-state index in [2.05, 4.69) is 12.0 Å². The predicted octanol–water partition coefficient (Wildman–Crippen LogP) is 2.44. The lowest BCUT2D eigenvalue weighted by atomic mass is 10.2. The molecule has 1 heterocycles. The van der Waals surface area contributed by atoms with Crippen molar-refractivity contribution in [2.24, 2.45) is 0 Å². The van der Waals surface area contributed by atoms with Crippen LogP contribution < -0.4 is 5.56 Å². The summed E-state index contributed by atoms with van der Waals surface area (Å²) in [5, 5.41) is 3.97. The van der Waals surface area contributed by atoms with Gasteiger partial charge in [0.1, 0.15) is 0 Å². The number of fused-ring (bicyclic) bond motifs is 1. The molecule has 0 aliphatic rings. The highest BCUT2D eigenvalue weighted by Gasteiger charge is 2.06. The Morgan fingerprint density at radius 2 is 2.20 bits per heavy atom. The van der Waals surface area contributed by atoms with E-state index in [1.807, 2.05) is 25.1 Å². The van der Waals surface area contributed by atoms with Crippen molar-refractivity contribution in [3.05, 3.63) is 34.1 Å². The first-order valence-corrected chi connectivity index (χ1v) is 5.42. The van der Waals surface area contributed by atoms with Gasteiger partial charge in [-0.25, -0.2) is 0 Å². The second-order valence-electron chi connectivity index (χ2n) is 3.92. The molecule has 80 valence electrons. The molecule has 1 aromatic carbocycles. The number of aryl methyl sites for hydroxylation is 2. The minimum absolute atomic E-state index is 0.0992. The van der Waals surface area contributed by atoms with E-state index in [4.69, 9.17) is 0 Å². The summed E-state index contributed by atoms with van der Waals surface area (Å²) < 4.78 is 1.71. The molecular weight excluding hydrogens is 188 g/mol. The molecule has 1 aromatic heterocycles. The van der Waals surface area contributed by atoms with Crippen LogP contribution in [0.3, 0.4) is 0 Å². The summed E-state index contributed by atoms with van der Waals surface area (Å²) >= 11 is 0. The van der Waals surface area contributed by atoms with Crippen LogP contribution in [0, 0.1) is 6.92 Å². The van der Waals surface area contributed by atoms with Crippen molar-refractivity contribution >= 4 is 10.9 Å². The maximum atomic E-state index is 11.9. The van der Waals surface area contributed by atoms with Crippen molar-refractivity contribution < 1.29 is 0 Å². The number of hydrogen-bond acceptors (Lipinski definition) is 1. The van der Waals surface area contributed by atoms with Crippen molar-refractivity contribution in [2.75, 3.05) is 0 Å². The molecular formula is C12H16N2O. The van der Waals surface area contributed by atoms with E-state index in [0.29, 0.717) is 0 Å². The number of aromatic amines is 1. The van der Waals surface area contributed by atoms with Crippen molar-refractivity contribution in [3.63, 3.8) is 0 Å². The van der Waals surface area contributed by atoms with Gasteiger partial charge < -0.3 is 0 Å². The molecule has 15 heavy (non-hydrogen) atoms. The quantitative estimate of drug-likeness (QED) is 0.819. The van der Waals surface area contributed by atoms with Crippen LogP contribution in [0.5, 0.6) is 0 Å². The van der Waals surface area contributed by atoms with Crippen LogP contribution in [0.25, 0.3) is 10.9 Å². The third-order valence-electron chi connectivity index (χ3n) is 2.73. The van der Waals surface area contributed by atoms with Gasteiger partial charge in [-0.3, -0.25) is 14.6 Å². The molecule has 0 bridgehead atoms. The smallest absolute Gasteiger partial charge is 0.274 e. The Balaban J connectivity index is 2.54. The van der Waals surface area contributed by atoms with E-state index in [1.165, 1.54) is 0 Å². The molecule has 0 spiro atoms. The number of benzene rings is 1. The fourth-order valence-corrected chi connectivity index (χ4v) is 1.80. The average Bonchev–Trinajstić information content (AvgIpc) is 2.55. The summed E-state index contributed by atoms with van der Waals surface area (Å²) in [7, 11) is 0. The van der Waals surface area contributed by atoms with Crippen LogP contribution in [0.1, 0.15) is 25.3 Å². The summed E-state index contributed by atoms with van der Waals surface area (Å²) in [6.07, 6.45) is 2.13. The molecule has 3 nitrogen and oxygen atoms in total. The number of H-pyrrole nitrogens is 1. The standard InChI is InChI=1S/C12H16N2O/c1-3-4-8-14-12(15)10-7-5-6-9(2)11(10)13-14/h5-7,13H,3-4,8H2,1-2H3. The molecule has 0 unspecified atom stereocenters. The average molecular weight is 204 g/mol. The summed E-state index contributed by atoms with van der Waals surface area (Å²) in [6.45, 7) is 4.92. The Kier molecular flexibility index (Phi) is 2.62. The molecule has 3 heteroatoms. The Morgan fingerprint density at radius 1 is 1.40 bits per heavy atom. The molecule has 0 atom stereocenters. The fourth-order valence-electron chi connectivity index (χ4n) is 1.80. The largest absolute Gasteiger partial charge is 0.295 e. The van der Waals surface area contributed by atoms with Crippen LogP contribution >= 0.6 is 0 Å². The van der Waals surface area contributed by atoms with E-state index < -0.39 is 0 Å². The van der Waals surface area contributed by atoms with Gasteiger partial charge in [-0.05, 0) is 25.0 Å². The topological polar surface area (TPSA) is 37.8 Å². The van der Waals surface area contributed by atoms with Gasteiger partial charge in [-0.2, -0.15) is 0 Å². The highest BCUT2D eigenvalue weighted by molar-refractivity contribution is 5.80. The Morgan fingerprint density at radius 3 is 2.87 bits per heavy atom. The minimum Gasteiger partial charge on any atom is -0.295 e. The second-order valence-corrected chi connectivity index (χ2v) is 3.92. The van der Waals surface area contributed by atoms with E-state index in [-0.39, 0.29) is 5.56 Å². The van der Waals surface area contributed by atoms with Gasteiger partial charge in [0.15, 0.2) is 0 Å². The zero-order chi connectivity index (χ0) is 10.8. The molecule has 0 fully saturated rings. The lowest BCUT2D eigenvalue weighted by molar-refractivity contribution is 0.562. The van der Waals surface area contributed by atoms with Crippen LogP contribution in [0.4, 0.5) is 0 Å². The summed E-state index contributed by atoms with van der Waals surface area (Å²) in [6, 6.07) is 5.82. The van der Waals surface area contributed by atoms with Crippen molar-refractivity contribution in [1.29, 1.82) is 0 Å². The lowest BCUT2D eigenvalue weighted by Crippen LogP contribution is -2.16. The molecule has 0 radical (unpaired) electrons. The maximum Gasteiger partial charge on any atom is 0.274 e. The molecule has 0 saturated heterocycles. The van der Waals surface area contributed by atoms with Crippen LogP contribution in [0.2, 0.25) is 0 Å². The molecule has 0 saturated carbocycles. The monoisotopic (exact) mass is 204 g/mol.